The van der Waals surface area contributed by atoms with Crippen molar-refractivity contribution in [2.75, 3.05) is 24.6 Å². The van der Waals surface area contributed by atoms with Gasteiger partial charge in [-0.05, 0) is 55.5 Å². The Kier molecular flexibility index (Phi) is 6.97. The summed E-state index contributed by atoms with van der Waals surface area (Å²) in [5.41, 5.74) is 2.34. The minimum Gasteiger partial charge on any atom is -0.383 e. The smallest absolute Gasteiger partial charge is 0.264 e. The molecule has 0 aliphatic carbocycles. The van der Waals surface area contributed by atoms with Crippen molar-refractivity contribution in [2.45, 2.75) is 31.7 Å². The van der Waals surface area contributed by atoms with Crippen LogP contribution in [0.4, 0.5) is 5.69 Å². The van der Waals surface area contributed by atoms with Gasteiger partial charge in [0, 0.05) is 18.5 Å². The molecule has 0 spiro atoms. The fraction of sp³-hybridized carbons (Fsp3) is 0.292. The highest BCUT2D eigenvalue weighted by Gasteiger charge is 2.29. The molecule has 0 unspecified atom stereocenters. The number of nitrogens with one attached hydrogen (secondary N) is 1. The van der Waals surface area contributed by atoms with Crippen LogP contribution in [0.3, 0.4) is 0 Å². The van der Waals surface area contributed by atoms with Crippen molar-refractivity contribution in [2.24, 2.45) is 0 Å². The van der Waals surface area contributed by atoms with Crippen LogP contribution in [-0.2, 0) is 19.6 Å². The molecule has 6 nitrogen and oxygen atoms in total. The Morgan fingerprint density at radius 3 is 2.45 bits per heavy atom. The van der Waals surface area contributed by atoms with Gasteiger partial charge in [-0.25, -0.2) is 8.42 Å². The molecule has 3 aromatic rings. The molecule has 0 heterocycles. The second-order valence-corrected chi connectivity index (χ2v) is 9.54. The first kappa shape index (κ1) is 22.8. The van der Waals surface area contributed by atoms with Gasteiger partial charge >= 0.3 is 0 Å². The third-order valence-electron chi connectivity index (χ3n) is 5.21. The van der Waals surface area contributed by atoms with Crippen LogP contribution in [0, 0.1) is 13.8 Å². The quantitative estimate of drug-likeness (QED) is 0.578. The number of fused-ring (bicyclic) bond motifs is 1. The number of anilines is 1. The maximum atomic E-state index is 13.7. The molecule has 1 amide bonds. The molecular weight excluding hydrogens is 412 g/mol. The number of benzene rings is 3. The number of carbonyl (C=O) groups is 1. The number of ether oxygens (including phenoxy) is 1. The molecule has 1 atom stereocenters. The van der Waals surface area contributed by atoms with Crippen LogP contribution in [0.2, 0.25) is 0 Å². The van der Waals surface area contributed by atoms with E-state index in [9.17, 15) is 13.2 Å². The molecule has 3 rings (SSSR count). The maximum absolute atomic E-state index is 13.7. The summed E-state index contributed by atoms with van der Waals surface area (Å²) in [5.74, 6) is -0.398. The van der Waals surface area contributed by atoms with Gasteiger partial charge < -0.3 is 10.1 Å². The van der Waals surface area contributed by atoms with E-state index in [0.717, 1.165) is 21.9 Å². The molecule has 0 saturated carbocycles. The number of hydrogen-bond acceptors (Lipinski definition) is 4. The standard InChI is InChI=1S/C24H28N2O4S/c1-17-12-13-21(14-18(17)2)31(28,29)26(15-24(27)25-19(3)16-30-4)23-11-7-9-20-8-5-6-10-22(20)23/h5-14,19H,15-16H2,1-4H3,(H,25,27)/t19-/m0/s1. The number of nitrogens with zero attached hydrogens (tertiary/aromatic N) is 1. The van der Waals surface area contributed by atoms with Crippen LogP contribution in [0.25, 0.3) is 10.8 Å². The maximum Gasteiger partial charge on any atom is 0.264 e. The number of sulfonamides is 1. The topological polar surface area (TPSA) is 75.7 Å². The van der Waals surface area contributed by atoms with E-state index in [1.165, 1.54) is 4.31 Å². The van der Waals surface area contributed by atoms with Crippen molar-refractivity contribution < 1.29 is 17.9 Å². The summed E-state index contributed by atoms with van der Waals surface area (Å²) in [7, 11) is -2.44. The van der Waals surface area contributed by atoms with Crippen LogP contribution >= 0.6 is 0 Å². The third kappa shape index (κ3) is 5.06. The second kappa shape index (κ2) is 9.49. The molecule has 0 aromatic heterocycles. The van der Waals surface area contributed by atoms with Crippen molar-refractivity contribution in [3.63, 3.8) is 0 Å². The number of amides is 1. The Morgan fingerprint density at radius 2 is 1.74 bits per heavy atom. The SMILES string of the molecule is COC[C@H](C)NC(=O)CN(c1cccc2ccccc12)S(=O)(=O)c1ccc(C)c(C)c1. The molecule has 0 aliphatic heterocycles. The van der Waals surface area contributed by atoms with E-state index in [0.29, 0.717) is 12.3 Å². The van der Waals surface area contributed by atoms with E-state index < -0.39 is 15.9 Å². The van der Waals surface area contributed by atoms with Gasteiger partial charge in [-0.15, -0.1) is 0 Å². The molecule has 31 heavy (non-hydrogen) atoms. The predicted octanol–water partition coefficient (Wildman–Crippen LogP) is 3.80. The van der Waals surface area contributed by atoms with Gasteiger partial charge in [0.05, 0.1) is 17.2 Å². The molecule has 7 heteroatoms. The minimum absolute atomic E-state index is 0.154. The monoisotopic (exact) mass is 440 g/mol. The summed E-state index contributed by atoms with van der Waals surface area (Å²) in [4.78, 5) is 12.9. The highest BCUT2D eigenvalue weighted by Crippen LogP contribution is 2.31. The Labute approximate surface area is 183 Å². The van der Waals surface area contributed by atoms with E-state index in [1.807, 2.05) is 51.1 Å². The predicted molar refractivity (Wildman–Crippen MR) is 124 cm³/mol. The summed E-state index contributed by atoms with van der Waals surface area (Å²) >= 11 is 0. The highest BCUT2D eigenvalue weighted by atomic mass is 32.2. The Balaban J connectivity index is 2.09. The summed E-state index contributed by atoms with van der Waals surface area (Å²) in [5, 5.41) is 4.46. The lowest BCUT2D eigenvalue weighted by Gasteiger charge is -2.26. The van der Waals surface area contributed by atoms with Crippen LogP contribution in [0.5, 0.6) is 0 Å². The zero-order chi connectivity index (χ0) is 22.6. The Bertz CT molecular complexity index is 1190. The Morgan fingerprint density at radius 1 is 1.03 bits per heavy atom. The van der Waals surface area contributed by atoms with Crippen LogP contribution in [0.1, 0.15) is 18.1 Å². The summed E-state index contributed by atoms with van der Waals surface area (Å²) < 4.78 is 33.7. The van der Waals surface area contributed by atoms with E-state index in [1.54, 1.807) is 37.4 Å². The lowest BCUT2D eigenvalue weighted by molar-refractivity contribution is -0.120. The first-order chi connectivity index (χ1) is 14.7. The van der Waals surface area contributed by atoms with E-state index in [-0.39, 0.29) is 17.5 Å². The molecule has 1 N–H and O–H groups in total. The first-order valence-electron chi connectivity index (χ1n) is 10.1. The molecule has 0 fully saturated rings. The Hall–Kier alpha value is -2.90. The zero-order valence-electron chi connectivity index (χ0n) is 18.3. The van der Waals surface area contributed by atoms with Gasteiger partial charge in [-0.1, -0.05) is 42.5 Å². The van der Waals surface area contributed by atoms with Gasteiger partial charge in [0.25, 0.3) is 10.0 Å². The van der Waals surface area contributed by atoms with Crippen molar-refractivity contribution in [1.29, 1.82) is 0 Å². The van der Waals surface area contributed by atoms with E-state index >= 15 is 0 Å². The zero-order valence-corrected chi connectivity index (χ0v) is 19.1. The first-order valence-corrected chi connectivity index (χ1v) is 11.5. The molecular formula is C24H28N2O4S. The highest BCUT2D eigenvalue weighted by molar-refractivity contribution is 7.92. The van der Waals surface area contributed by atoms with Crippen molar-refractivity contribution in [1.82, 2.24) is 5.32 Å². The number of hydrogen-bond donors (Lipinski definition) is 1. The van der Waals surface area contributed by atoms with Crippen molar-refractivity contribution in [3.8, 4) is 0 Å². The molecule has 0 saturated heterocycles. The van der Waals surface area contributed by atoms with Gasteiger partial charge in [-0.3, -0.25) is 9.10 Å². The summed E-state index contributed by atoms with van der Waals surface area (Å²) in [6, 6.07) is 17.7. The van der Waals surface area contributed by atoms with Crippen LogP contribution in [0.15, 0.2) is 65.6 Å². The van der Waals surface area contributed by atoms with Crippen LogP contribution < -0.4 is 9.62 Å². The number of carbonyl (C=O) groups excluding carboxylic acids is 1. The molecule has 0 aliphatic rings. The number of rotatable bonds is 8. The molecule has 0 bridgehead atoms. The van der Waals surface area contributed by atoms with Gasteiger partial charge in [0.15, 0.2) is 0 Å². The normalized spacial score (nSPS) is 12.5. The molecule has 0 radical (unpaired) electrons. The average Bonchev–Trinajstić information content (AvgIpc) is 2.73. The van der Waals surface area contributed by atoms with Crippen LogP contribution in [-0.4, -0.2) is 40.6 Å². The number of aryl methyl sites for hydroxylation is 2. The lowest BCUT2D eigenvalue weighted by Crippen LogP contribution is -2.44. The lowest BCUT2D eigenvalue weighted by atomic mass is 10.1. The largest absolute Gasteiger partial charge is 0.383 e. The van der Waals surface area contributed by atoms with Gasteiger partial charge in [-0.2, -0.15) is 0 Å². The fourth-order valence-corrected chi connectivity index (χ4v) is 5.00. The third-order valence-corrected chi connectivity index (χ3v) is 6.97. The summed E-state index contributed by atoms with van der Waals surface area (Å²) in [6.07, 6.45) is 0. The molecule has 164 valence electrons. The molecule has 3 aromatic carbocycles. The summed E-state index contributed by atoms with van der Waals surface area (Å²) in [6.45, 7) is 5.61. The van der Waals surface area contributed by atoms with E-state index in [2.05, 4.69) is 5.32 Å². The van der Waals surface area contributed by atoms with Gasteiger partial charge in [0.1, 0.15) is 6.54 Å². The second-order valence-electron chi connectivity index (χ2n) is 7.68. The van der Waals surface area contributed by atoms with Gasteiger partial charge in [0.2, 0.25) is 5.91 Å². The fourth-order valence-electron chi connectivity index (χ4n) is 3.47. The van der Waals surface area contributed by atoms with E-state index in [4.69, 9.17) is 4.74 Å². The van der Waals surface area contributed by atoms with Crippen molar-refractivity contribution in [3.05, 3.63) is 71.8 Å². The van der Waals surface area contributed by atoms with Crippen molar-refractivity contribution >= 4 is 32.4 Å². The number of methoxy groups -OCH3 is 1. The average molecular weight is 441 g/mol. The minimum atomic E-state index is -3.99.